The normalized spacial score (nSPS) is 10.8. The Morgan fingerprint density at radius 3 is 2.95 bits per heavy atom. The molecule has 1 aromatic carbocycles. The van der Waals surface area contributed by atoms with E-state index in [1.54, 1.807) is 35.2 Å². The molecule has 0 aliphatic heterocycles. The molecule has 22 heavy (non-hydrogen) atoms. The van der Waals surface area contributed by atoms with Gasteiger partial charge in [-0.15, -0.1) is 0 Å². The number of hydrogen-bond donors (Lipinski definition) is 2. The van der Waals surface area contributed by atoms with Crippen molar-refractivity contribution in [1.82, 2.24) is 14.5 Å². The van der Waals surface area contributed by atoms with Crippen molar-refractivity contribution in [3.63, 3.8) is 0 Å². The molecule has 3 rings (SSSR count). The number of hydrogen-bond acceptors (Lipinski definition) is 6. The van der Waals surface area contributed by atoms with Crippen LogP contribution in [0, 0.1) is 10.1 Å². The van der Waals surface area contributed by atoms with Crippen LogP contribution < -0.4 is 11.1 Å². The first-order valence-electron chi connectivity index (χ1n) is 6.72. The molecule has 0 atom stereocenters. The number of nitrogens with one attached hydrogen (secondary N) is 1. The van der Waals surface area contributed by atoms with Gasteiger partial charge in [0.1, 0.15) is 5.82 Å². The Morgan fingerprint density at radius 2 is 2.18 bits per heavy atom. The quantitative estimate of drug-likeness (QED) is 0.547. The molecule has 0 fully saturated rings. The highest BCUT2D eigenvalue weighted by Gasteiger charge is 2.11. The molecule has 2 heterocycles. The predicted octanol–water partition coefficient (Wildman–Crippen LogP) is 1.70. The lowest BCUT2D eigenvalue weighted by atomic mass is 10.2. The van der Waals surface area contributed by atoms with E-state index in [2.05, 4.69) is 15.3 Å². The van der Waals surface area contributed by atoms with E-state index in [0.717, 1.165) is 10.9 Å². The molecule has 0 unspecified atom stereocenters. The summed E-state index contributed by atoms with van der Waals surface area (Å²) in [6, 6.07) is 8.25. The van der Waals surface area contributed by atoms with Crippen molar-refractivity contribution < 1.29 is 4.92 Å². The van der Waals surface area contributed by atoms with E-state index in [4.69, 9.17) is 5.73 Å². The summed E-state index contributed by atoms with van der Waals surface area (Å²) >= 11 is 0. The van der Waals surface area contributed by atoms with E-state index in [9.17, 15) is 10.1 Å². The number of nitro groups is 1. The maximum atomic E-state index is 10.8. The van der Waals surface area contributed by atoms with E-state index in [0.29, 0.717) is 24.9 Å². The van der Waals surface area contributed by atoms with Gasteiger partial charge in [0.05, 0.1) is 10.4 Å². The fraction of sp³-hybridized carbons (Fsp3) is 0.143. The van der Waals surface area contributed by atoms with Crippen LogP contribution in [-0.4, -0.2) is 32.5 Å². The lowest BCUT2D eigenvalue weighted by molar-refractivity contribution is -0.384. The van der Waals surface area contributed by atoms with Crippen LogP contribution in [0.4, 0.5) is 11.5 Å². The predicted molar refractivity (Wildman–Crippen MR) is 83.1 cm³/mol. The second-order valence-corrected chi connectivity index (χ2v) is 4.64. The van der Waals surface area contributed by atoms with Crippen LogP contribution in [0.1, 0.15) is 0 Å². The zero-order valence-corrected chi connectivity index (χ0v) is 11.6. The third-order valence-corrected chi connectivity index (χ3v) is 3.19. The summed E-state index contributed by atoms with van der Waals surface area (Å²) in [4.78, 5) is 19.1. The van der Waals surface area contributed by atoms with E-state index in [1.807, 2.05) is 0 Å². The average molecular weight is 298 g/mol. The molecule has 8 nitrogen and oxygen atoms in total. The molecular weight excluding hydrogens is 284 g/mol. The number of non-ortho nitro benzene ring substituents is 1. The Hall–Kier alpha value is -3.00. The zero-order valence-electron chi connectivity index (χ0n) is 11.6. The lowest BCUT2D eigenvalue weighted by Crippen LogP contribution is -2.14. The molecule has 3 aromatic rings. The zero-order chi connectivity index (χ0) is 15.5. The smallest absolute Gasteiger partial charge is 0.270 e. The molecule has 2 aromatic heterocycles. The van der Waals surface area contributed by atoms with Crippen LogP contribution in [0.3, 0.4) is 0 Å². The largest absolute Gasteiger partial charge is 0.369 e. The van der Waals surface area contributed by atoms with Crippen LogP contribution in [0.15, 0.2) is 42.7 Å². The van der Waals surface area contributed by atoms with Crippen LogP contribution in [0.5, 0.6) is 0 Å². The first-order chi connectivity index (χ1) is 10.7. The third-order valence-electron chi connectivity index (χ3n) is 3.19. The molecule has 8 heteroatoms. The van der Waals surface area contributed by atoms with Crippen LogP contribution in [-0.2, 0) is 0 Å². The van der Waals surface area contributed by atoms with Crippen molar-refractivity contribution in [2.75, 3.05) is 18.4 Å². The van der Waals surface area contributed by atoms with E-state index >= 15 is 0 Å². The van der Waals surface area contributed by atoms with Gasteiger partial charge in [-0.25, -0.2) is 4.98 Å². The summed E-state index contributed by atoms with van der Waals surface area (Å²) < 4.78 is 1.78. The topological polar surface area (TPSA) is 112 Å². The molecule has 0 saturated carbocycles. The van der Waals surface area contributed by atoms with Crippen LogP contribution in [0.25, 0.3) is 16.9 Å². The van der Waals surface area contributed by atoms with Gasteiger partial charge in [0.15, 0.2) is 0 Å². The second-order valence-electron chi connectivity index (χ2n) is 4.64. The molecular formula is C14H14N6O2. The summed E-state index contributed by atoms with van der Waals surface area (Å²) in [6.45, 7) is 1.13. The minimum atomic E-state index is -0.412. The Kier molecular flexibility index (Phi) is 3.67. The standard InChI is InChI=1S/C14H14N6O2/c15-5-7-16-13-3-6-17-14(18-13)19-8-4-10-9-11(20(21)22)1-2-12(10)19/h1-4,6,8-9H,5,7,15H2,(H,16,17,18). The number of nitrogens with two attached hydrogens (primary N) is 1. The van der Waals surface area contributed by atoms with E-state index in [-0.39, 0.29) is 5.69 Å². The van der Waals surface area contributed by atoms with Crippen LogP contribution in [0.2, 0.25) is 0 Å². The Balaban J connectivity index is 2.01. The van der Waals surface area contributed by atoms with Gasteiger partial charge >= 0.3 is 0 Å². The van der Waals surface area contributed by atoms with Crippen molar-refractivity contribution in [3.8, 4) is 5.95 Å². The van der Waals surface area contributed by atoms with Gasteiger partial charge in [0.25, 0.3) is 5.69 Å². The molecule has 0 bridgehead atoms. The maximum absolute atomic E-state index is 10.8. The summed E-state index contributed by atoms with van der Waals surface area (Å²) in [7, 11) is 0. The SMILES string of the molecule is NCCNc1ccnc(-n2ccc3cc([N+](=O)[O-])ccc32)n1. The van der Waals surface area contributed by atoms with Gasteiger partial charge in [-0.1, -0.05) is 0 Å². The molecule has 112 valence electrons. The highest BCUT2D eigenvalue weighted by atomic mass is 16.6. The first-order valence-corrected chi connectivity index (χ1v) is 6.72. The molecule has 0 saturated heterocycles. The van der Waals surface area contributed by atoms with Crippen molar-refractivity contribution >= 4 is 22.4 Å². The Morgan fingerprint density at radius 1 is 1.32 bits per heavy atom. The number of nitrogens with zero attached hydrogens (tertiary/aromatic N) is 4. The second kappa shape index (κ2) is 5.78. The Labute approximate surface area is 125 Å². The summed E-state index contributed by atoms with van der Waals surface area (Å²) in [6.07, 6.45) is 3.44. The first kappa shape index (κ1) is 14.0. The summed E-state index contributed by atoms with van der Waals surface area (Å²) in [5.74, 6) is 1.17. The molecule has 0 spiro atoms. The van der Waals surface area contributed by atoms with Gasteiger partial charge in [0.2, 0.25) is 5.95 Å². The van der Waals surface area contributed by atoms with E-state index < -0.39 is 4.92 Å². The number of nitro benzene ring substituents is 1. The minimum absolute atomic E-state index is 0.0598. The van der Waals surface area contributed by atoms with E-state index in [1.165, 1.54) is 12.1 Å². The van der Waals surface area contributed by atoms with Crippen LogP contribution >= 0.6 is 0 Å². The average Bonchev–Trinajstić information content (AvgIpc) is 2.96. The number of aromatic nitrogens is 3. The molecule has 3 N–H and O–H groups in total. The van der Waals surface area contributed by atoms with Gasteiger partial charge in [-0.3, -0.25) is 14.7 Å². The van der Waals surface area contributed by atoms with Gasteiger partial charge in [0, 0.05) is 43.0 Å². The fourth-order valence-electron chi connectivity index (χ4n) is 2.18. The lowest BCUT2D eigenvalue weighted by Gasteiger charge is -2.07. The minimum Gasteiger partial charge on any atom is -0.369 e. The third kappa shape index (κ3) is 2.59. The number of rotatable bonds is 5. The molecule has 0 amide bonds. The molecule has 0 aliphatic carbocycles. The fourth-order valence-corrected chi connectivity index (χ4v) is 2.18. The van der Waals surface area contributed by atoms with Gasteiger partial charge in [-0.2, -0.15) is 4.98 Å². The van der Waals surface area contributed by atoms with Crippen molar-refractivity contribution in [3.05, 3.63) is 52.8 Å². The number of anilines is 1. The Bertz CT molecular complexity index is 829. The molecule has 0 aliphatic rings. The maximum Gasteiger partial charge on any atom is 0.270 e. The number of benzene rings is 1. The monoisotopic (exact) mass is 298 g/mol. The highest BCUT2D eigenvalue weighted by molar-refractivity contribution is 5.83. The highest BCUT2D eigenvalue weighted by Crippen LogP contribution is 2.23. The van der Waals surface area contributed by atoms with Crippen molar-refractivity contribution in [2.45, 2.75) is 0 Å². The summed E-state index contributed by atoms with van der Waals surface area (Å²) in [5.41, 5.74) is 6.32. The van der Waals surface area contributed by atoms with Crippen molar-refractivity contribution in [2.24, 2.45) is 5.73 Å². The summed E-state index contributed by atoms with van der Waals surface area (Å²) in [5, 5.41) is 14.7. The van der Waals surface area contributed by atoms with Gasteiger partial charge < -0.3 is 11.1 Å². The molecule has 0 radical (unpaired) electrons. The number of fused-ring (bicyclic) bond motifs is 1. The van der Waals surface area contributed by atoms with Crippen molar-refractivity contribution in [1.29, 1.82) is 0 Å². The van der Waals surface area contributed by atoms with Gasteiger partial charge in [-0.05, 0) is 18.2 Å².